The normalized spacial score (nSPS) is 18.5. The third-order valence-electron chi connectivity index (χ3n) is 6.22. The summed E-state index contributed by atoms with van der Waals surface area (Å²) in [4.78, 5) is 20.2. The van der Waals surface area contributed by atoms with E-state index in [4.69, 9.17) is 4.74 Å². The minimum Gasteiger partial charge on any atom is -0.378 e. The van der Waals surface area contributed by atoms with Crippen LogP contribution in [0.5, 0.6) is 0 Å². The molecular weight excluding hydrogens is 374 g/mol. The second kappa shape index (κ2) is 10.1. The Morgan fingerprint density at radius 1 is 0.933 bits per heavy atom. The van der Waals surface area contributed by atoms with Crippen molar-refractivity contribution in [3.63, 3.8) is 0 Å². The Bertz CT molecular complexity index is 814. The van der Waals surface area contributed by atoms with Crippen LogP contribution in [0.2, 0.25) is 0 Å². The summed E-state index contributed by atoms with van der Waals surface area (Å²) < 4.78 is 5.53. The molecule has 4 rings (SSSR count). The first-order chi connectivity index (χ1) is 14.7. The third kappa shape index (κ3) is 4.85. The average molecular weight is 408 g/mol. The van der Waals surface area contributed by atoms with Gasteiger partial charge in [-0.1, -0.05) is 48.5 Å². The standard InChI is InChI=1S/C25H33N3O2/c1-26(20-22-12-6-7-13-23(22)27-16-18-30-19-17-27)24(21-10-4-2-5-11-21)25(29)28-14-8-3-9-15-28/h2,4-7,10-13,24H,3,8-9,14-20H2,1H3. The zero-order chi connectivity index (χ0) is 20.8. The van der Waals surface area contributed by atoms with Gasteiger partial charge in [0.1, 0.15) is 6.04 Å². The topological polar surface area (TPSA) is 36.0 Å². The van der Waals surface area contributed by atoms with E-state index in [9.17, 15) is 4.79 Å². The van der Waals surface area contributed by atoms with E-state index in [0.29, 0.717) is 0 Å². The molecule has 0 saturated carbocycles. The lowest BCUT2D eigenvalue weighted by Gasteiger charge is -2.36. The number of carbonyl (C=O) groups excluding carboxylic acids is 1. The summed E-state index contributed by atoms with van der Waals surface area (Å²) in [6, 6.07) is 18.5. The average Bonchev–Trinajstić information content (AvgIpc) is 2.81. The van der Waals surface area contributed by atoms with Gasteiger partial charge in [0.25, 0.3) is 0 Å². The first-order valence-electron chi connectivity index (χ1n) is 11.2. The van der Waals surface area contributed by atoms with Crippen molar-refractivity contribution in [2.45, 2.75) is 31.8 Å². The Labute approximate surface area is 180 Å². The number of rotatable bonds is 6. The maximum atomic E-state index is 13.6. The lowest BCUT2D eigenvalue weighted by atomic mass is 10.0. The molecule has 1 unspecified atom stereocenters. The van der Waals surface area contributed by atoms with Gasteiger partial charge in [-0.15, -0.1) is 0 Å². The smallest absolute Gasteiger partial charge is 0.244 e. The van der Waals surface area contributed by atoms with E-state index in [2.05, 4.69) is 58.1 Å². The lowest BCUT2D eigenvalue weighted by Crippen LogP contribution is -2.44. The van der Waals surface area contributed by atoms with Gasteiger partial charge in [-0.25, -0.2) is 0 Å². The molecule has 2 aromatic carbocycles. The monoisotopic (exact) mass is 407 g/mol. The van der Waals surface area contributed by atoms with Crippen LogP contribution in [-0.4, -0.2) is 62.1 Å². The number of hydrogen-bond donors (Lipinski definition) is 0. The van der Waals surface area contributed by atoms with E-state index in [0.717, 1.165) is 64.3 Å². The molecule has 5 nitrogen and oxygen atoms in total. The predicted molar refractivity (Wildman–Crippen MR) is 121 cm³/mol. The van der Waals surface area contributed by atoms with E-state index in [1.165, 1.54) is 17.7 Å². The van der Waals surface area contributed by atoms with Crippen molar-refractivity contribution in [1.82, 2.24) is 9.80 Å². The van der Waals surface area contributed by atoms with Gasteiger partial charge >= 0.3 is 0 Å². The Hall–Kier alpha value is -2.37. The SMILES string of the molecule is CN(Cc1ccccc1N1CCOCC1)C(C(=O)N1CCCCC1)c1ccccc1. The van der Waals surface area contributed by atoms with Gasteiger partial charge in [-0.05, 0) is 43.5 Å². The van der Waals surface area contributed by atoms with E-state index >= 15 is 0 Å². The molecule has 2 aliphatic rings. The van der Waals surface area contributed by atoms with Crippen molar-refractivity contribution in [1.29, 1.82) is 0 Å². The summed E-state index contributed by atoms with van der Waals surface area (Å²) in [5, 5.41) is 0. The van der Waals surface area contributed by atoms with Crippen LogP contribution in [-0.2, 0) is 16.1 Å². The van der Waals surface area contributed by atoms with Gasteiger partial charge in [-0.3, -0.25) is 9.69 Å². The summed E-state index contributed by atoms with van der Waals surface area (Å²) in [5.74, 6) is 0.229. The fourth-order valence-corrected chi connectivity index (χ4v) is 4.63. The molecule has 2 saturated heterocycles. The maximum absolute atomic E-state index is 13.6. The maximum Gasteiger partial charge on any atom is 0.244 e. The molecule has 2 fully saturated rings. The molecule has 0 bridgehead atoms. The summed E-state index contributed by atoms with van der Waals surface area (Å²) in [7, 11) is 2.08. The molecule has 30 heavy (non-hydrogen) atoms. The first-order valence-corrected chi connectivity index (χ1v) is 11.2. The first kappa shape index (κ1) is 20.9. The minimum absolute atomic E-state index is 0.229. The Morgan fingerprint density at radius 3 is 2.33 bits per heavy atom. The molecule has 1 amide bonds. The van der Waals surface area contributed by atoms with Gasteiger partial charge in [0.2, 0.25) is 5.91 Å². The molecule has 2 heterocycles. The molecule has 5 heteroatoms. The fourth-order valence-electron chi connectivity index (χ4n) is 4.63. The minimum atomic E-state index is -0.262. The Kier molecular flexibility index (Phi) is 7.03. The van der Waals surface area contributed by atoms with Crippen LogP contribution in [0.4, 0.5) is 5.69 Å². The van der Waals surface area contributed by atoms with Gasteiger partial charge in [0.15, 0.2) is 0 Å². The highest BCUT2D eigenvalue weighted by molar-refractivity contribution is 5.83. The van der Waals surface area contributed by atoms with Crippen molar-refractivity contribution >= 4 is 11.6 Å². The van der Waals surface area contributed by atoms with Crippen molar-refractivity contribution < 1.29 is 9.53 Å². The lowest BCUT2D eigenvalue weighted by molar-refractivity contribution is -0.138. The number of anilines is 1. The summed E-state index contributed by atoms with van der Waals surface area (Å²) in [5.41, 5.74) is 3.58. The summed E-state index contributed by atoms with van der Waals surface area (Å²) in [6.07, 6.45) is 3.44. The van der Waals surface area contributed by atoms with Crippen LogP contribution in [0.3, 0.4) is 0 Å². The van der Waals surface area contributed by atoms with Crippen molar-refractivity contribution in [3.8, 4) is 0 Å². The molecule has 0 spiro atoms. The van der Waals surface area contributed by atoms with Crippen molar-refractivity contribution in [2.24, 2.45) is 0 Å². The van der Waals surface area contributed by atoms with Crippen LogP contribution in [0.25, 0.3) is 0 Å². The molecular formula is C25H33N3O2. The number of benzene rings is 2. The molecule has 0 N–H and O–H groups in total. The number of likely N-dealkylation sites (N-methyl/N-ethyl adjacent to an activating group) is 1. The molecule has 0 radical (unpaired) electrons. The van der Waals surface area contributed by atoms with E-state index in [1.54, 1.807) is 0 Å². The molecule has 2 aliphatic heterocycles. The molecule has 1 atom stereocenters. The number of likely N-dealkylation sites (tertiary alicyclic amines) is 1. The number of piperidine rings is 1. The van der Waals surface area contributed by atoms with Crippen molar-refractivity contribution in [3.05, 3.63) is 65.7 Å². The molecule has 160 valence electrons. The van der Waals surface area contributed by atoms with Gasteiger partial charge in [0, 0.05) is 38.4 Å². The largest absolute Gasteiger partial charge is 0.378 e. The van der Waals surface area contributed by atoms with Crippen LogP contribution >= 0.6 is 0 Å². The zero-order valence-corrected chi connectivity index (χ0v) is 18.0. The highest BCUT2D eigenvalue weighted by atomic mass is 16.5. The number of morpholine rings is 1. The summed E-state index contributed by atoms with van der Waals surface area (Å²) >= 11 is 0. The predicted octanol–water partition coefficient (Wildman–Crippen LogP) is 3.71. The zero-order valence-electron chi connectivity index (χ0n) is 18.0. The van der Waals surface area contributed by atoms with Crippen LogP contribution in [0.1, 0.15) is 36.4 Å². The number of carbonyl (C=O) groups is 1. The third-order valence-corrected chi connectivity index (χ3v) is 6.22. The fraction of sp³-hybridized carbons (Fsp3) is 0.480. The quantitative estimate of drug-likeness (QED) is 0.731. The van der Waals surface area contributed by atoms with Crippen LogP contribution in [0, 0.1) is 0 Å². The number of ether oxygens (including phenoxy) is 1. The Morgan fingerprint density at radius 2 is 1.60 bits per heavy atom. The van der Waals surface area contributed by atoms with E-state index in [1.807, 2.05) is 18.2 Å². The highest BCUT2D eigenvalue weighted by Crippen LogP contribution is 2.29. The molecule has 0 aromatic heterocycles. The van der Waals surface area contributed by atoms with E-state index in [-0.39, 0.29) is 11.9 Å². The van der Waals surface area contributed by atoms with E-state index < -0.39 is 0 Å². The number of amides is 1. The summed E-state index contributed by atoms with van der Waals surface area (Å²) in [6.45, 7) is 5.84. The second-order valence-corrected chi connectivity index (χ2v) is 8.34. The highest BCUT2D eigenvalue weighted by Gasteiger charge is 2.30. The van der Waals surface area contributed by atoms with Gasteiger partial charge < -0.3 is 14.5 Å². The molecule has 2 aromatic rings. The van der Waals surface area contributed by atoms with Gasteiger partial charge in [0.05, 0.1) is 13.2 Å². The molecule has 0 aliphatic carbocycles. The number of para-hydroxylation sites is 1. The number of hydrogen-bond acceptors (Lipinski definition) is 4. The Balaban J connectivity index is 1.58. The van der Waals surface area contributed by atoms with Gasteiger partial charge in [-0.2, -0.15) is 0 Å². The van der Waals surface area contributed by atoms with Crippen LogP contribution in [0.15, 0.2) is 54.6 Å². The second-order valence-electron chi connectivity index (χ2n) is 8.34. The van der Waals surface area contributed by atoms with Crippen LogP contribution < -0.4 is 4.90 Å². The van der Waals surface area contributed by atoms with Crippen molar-refractivity contribution in [2.75, 3.05) is 51.3 Å². The number of nitrogens with zero attached hydrogens (tertiary/aromatic N) is 3.